The number of alkyl halides is 3. The largest absolute Gasteiger partial charge is 0.462 e. The zero-order valence-corrected chi connectivity index (χ0v) is 17.6. The van der Waals surface area contributed by atoms with Crippen LogP contribution in [0.25, 0.3) is 11.8 Å². The van der Waals surface area contributed by atoms with Gasteiger partial charge in [-0.2, -0.15) is 18.3 Å². The summed E-state index contributed by atoms with van der Waals surface area (Å²) in [6.07, 6.45) is 0.389. The molecule has 3 rings (SSSR count). The summed E-state index contributed by atoms with van der Waals surface area (Å²) in [7, 11) is 0. The van der Waals surface area contributed by atoms with Crippen LogP contribution in [0.5, 0.6) is 0 Å². The molecule has 10 heteroatoms. The maximum Gasteiger partial charge on any atom is 0.399 e. The molecule has 0 aliphatic rings. The van der Waals surface area contributed by atoms with E-state index in [0.717, 1.165) is 6.08 Å². The number of aromatic nitrogens is 3. The normalized spacial score (nSPS) is 12.8. The van der Waals surface area contributed by atoms with Gasteiger partial charge in [0, 0.05) is 10.0 Å². The average Bonchev–Trinajstić information content (AvgIpc) is 3.21. The second-order valence-corrected chi connectivity index (χ2v) is 7.29. The van der Waals surface area contributed by atoms with E-state index in [1.54, 1.807) is 19.1 Å². The van der Waals surface area contributed by atoms with Crippen molar-refractivity contribution in [2.45, 2.75) is 19.0 Å². The molecule has 31 heavy (non-hydrogen) atoms. The van der Waals surface area contributed by atoms with Crippen LogP contribution in [0.3, 0.4) is 0 Å². The van der Waals surface area contributed by atoms with Crippen LogP contribution in [0.1, 0.15) is 34.3 Å². The number of carbonyl (C=O) groups is 1. The number of hydrogen-bond acceptors (Lipinski definition) is 4. The Kier molecular flexibility index (Phi) is 7.02. The lowest BCUT2D eigenvalue weighted by atomic mass is 9.96. The number of benzene rings is 2. The molecule has 3 aromatic rings. The maximum atomic E-state index is 13.7. The molecule has 1 unspecified atom stereocenters. The third-order valence-corrected chi connectivity index (χ3v) is 4.70. The Balaban J connectivity index is 2.01. The minimum absolute atomic E-state index is 0.0916. The second kappa shape index (κ2) is 9.53. The topological polar surface area (TPSA) is 57.0 Å². The highest BCUT2D eigenvalue weighted by Crippen LogP contribution is 2.38. The highest BCUT2D eigenvalue weighted by molar-refractivity contribution is 6.34. The third-order valence-electron chi connectivity index (χ3n) is 4.26. The van der Waals surface area contributed by atoms with Crippen molar-refractivity contribution in [1.82, 2.24) is 14.8 Å². The Morgan fingerprint density at radius 1 is 1.19 bits per heavy atom. The SMILES string of the molecule is CCOC(=O)c1cc(C=CC(c2cc(Cl)cc(Cl)c2)C(F)(F)F)ccc1-n1cncn1. The Hall–Kier alpha value is -2.84. The lowest BCUT2D eigenvalue weighted by molar-refractivity contribution is -0.139. The number of hydrogen-bond donors (Lipinski definition) is 0. The standard InChI is InChI=1S/C21H16Cl2F3N3O2/c1-2-31-20(30)17-7-13(4-6-19(17)29-12-27-11-28-29)3-5-18(21(24,25)26)14-8-15(22)10-16(23)9-14/h3-12,18H,2H2,1H3. The van der Waals surface area contributed by atoms with E-state index in [-0.39, 0.29) is 27.8 Å². The Labute approximate surface area is 186 Å². The Morgan fingerprint density at radius 2 is 1.90 bits per heavy atom. The van der Waals surface area contributed by atoms with Gasteiger partial charge in [0.25, 0.3) is 0 Å². The summed E-state index contributed by atoms with van der Waals surface area (Å²) >= 11 is 11.7. The van der Waals surface area contributed by atoms with E-state index >= 15 is 0 Å². The lowest BCUT2D eigenvalue weighted by Crippen LogP contribution is -2.19. The minimum atomic E-state index is -4.57. The third kappa shape index (κ3) is 5.65. The molecular formula is C21H16Cl2F3N3O2. The fraction of sp³-hybridized carbons (Fsp3) is 0.190. The molecule has 0 fully saturated rings. The quantitative estimate of drug-likeness (QED) is 0.408. The van der Waals surface area contributed by atoms with Crippen molar-refractivity contribution in [3.05, 3.63) is 81.9 Å². The fourth-order valence-electron chi connectivity index (χ4n) is 2.93. The number of allylic oxidation sites excluding steroid dienone is 1. The van der Waals surface area contributed by atoms with Gasteiger partial charge in [-0.05, 0) is 48.4 Å². The van der Waals surface area contributed by atoms with Crippen LogP contribution in [-0.2, 0) is 4.74 Å². The monoisotopic (exact) mass is 469 g/mol. The zero-order valence-electron chi connectivity index (χ0n) is 16.1. The van der Waals surface area contributed by atoms with Crippen LogP contribution in [-0.4, -0.2) is 33.5 Å². The molecule has 1 heterocycles. The van der Waals surface area contributed by atoms with E-state index < -0.39 is 18.1 Å². The predicted octanol–water partition coefficient (Wildman–Crippen LogP) is 6.11. The van der Waals surface area contributed by atoms with Crippen molar-refractivity contribution in [1.29, 1.82) is 0 Å². The van der Waals surface area contributed by atoms with Crippen LogP contribution < -0.4 is 0 Å². The van der Waals surface area contributed by atoms with Gasteiger partial charge in [-0.15, -0.1) is 0 Å². The minimum Gasteiger partial charge on any atom is -0.462 e. The Bertz CT molecular complexity index is 1080. The first kappa shape index (κ1) is 22.8. The van der Waals surface area contributed by atoms with Crippen molar-refractivity contribution >= 4 is 35.2 Å². The van der Waals surface area contributed by atoms with Gasteiger partial charge in [-0.3, -0.25) is 0 Å². The van der Waals surface area contributed by atoms with Crippen LogP contribution in [0.2, 0.25) is 10.0 Å². The van der Waals surface area contributed by atoms with Gasteiger partial charge >= 0.3 is 12.1 Å². The molecule has 1 atom stereocenters. The van der Waals surface area contributed by atoms with Crippen LogP contribution >= 0.6 is 23.2 Å². The molecular weight excluding hydrogens is 454 g/mol. The number of carbonyl (C=O) groups excluding carboxylic acids is 1. The highest BCUT2D eigenvalue weighted by Gasteiger charge is 2.39. The number of rotatable bonds is 6. The van der Waals surface area contributed by atoms with Crippen LogP contribution in [0, 0.1) is 0 Å². The first-order valence-electron chi connectivity index (χ1n) is 9.06. The van der Waals surface area contributed by atoms with E-state index in [1.807, 2.05) is 0 Å². The Morgan fingerprint density at radius 3 is 2.48 bits per heavy atom. The average molecular weight is 470 g/mol. The number of halogens is 5. The van der Waals surface area contributed by atoms with Crippen molar-refractivity contribution in [2.75, 3.05) is 6.61 Å². The zero-order chi connectivity index (χ0) is 22.6. The molecule has 0 amide bonds. The van der Waals surface area contributed by atoms with Gasteiger partial charge in [0.1, 0.15) is 12.7 Å². The van der Waals surface area contributed by atoms with Crippen LogP contribution in [0.15, 0.2) is 55.1 Å². The first-order chi connectivity index (χ1) is 14.7. The van der Waals surface area contributed by atoms with Gasteiger partial charge in [0.05, 0.1) is 23.8 Å². The molecule has 0 spiro atoms. The molecule has 162 valence electrons. The summed E-state index contributed by atoms with van der Waals surface area (Å²) in [5.74, 6) is -2.57. The highest BCUT2D eigenvalue weighted by atomic mass is 35.5. The van der Waals surface area contributed by atoms with Gasteiger partial charge in [0.15, 0.2) is 0 Å². The van der Waals surface area contributed by atoms with Gasteiger partial charge in [0.2, 0.25) is 0 Å². The smallest absolute Gasteiger partial charge is 0.399 e. The van der Waals surface area contributed by atoms with E-state index in [1.165, 1.54) is 47.7 Å². The molecule has 0 bridgehead atoms. The maximum absolute atomic E-state index is 13.7. The number of nitrogens with zero attached hydrogens (tertiary/aromatic N) is 3. The summed E-state index contributed by atoms with van der Waals surface area (Å²) < 4.78 is 47.5. The molecule has 0 radical (unpaired) electrons. The molecule has 1 aromatic heterocycles. The number of ether oxygens (including phenoxy) is 1. The van der Waals surface area contributed by atoms with Crippen molar-refractivity contribution in [3.63, 3.8) is 0 Å². The summed E-state index contributed by atoms with van der Waals surface area (Å²) in [6, 6.07) is 8.35. The number of esters is 1. The summed E-state index contributed by atoms with van der Waals surface area (Å²) in [6.45, 7) is 1.79. The molecule has 0 saturated carbocycles. The summed E-state index contributed by atoms with van der Waals surface area (Å²) in [5.41, 5.74) is 0.811. The van der Waals surface area contributed by atoms with E-state index in [4.69, 9.17) is 27.9 Å². The van der Waals surface area contributed by atoms with E-state index in [0.29, 0.717) is 11.3 Å². The molecule has 0 aliphatic carbocycles. The van der Waals surface area contributed by atoms with Crippen LogP contribution in [0.4, 0.5) is 13.2 Å². The van der Waals surface area contributed by atoms with Crippen molar-refractivity contribution in [2.24, 2.45) is 0 Å². The van der Waals surface area contributed by atoms with Crippen molar-refractivity contribution in [3.8, 4) is 5.69 Å². The van der Waals surface area contributed by atoms with E-state index in [9.17, 15) is 18.0 Å². The van der Waals surface area contributed by atoms with E-state index in [2.05, 4.69) is 10.1 Å². The second-order valence-electron chi connectivity index (χ2n) is 6.42. The van der Waals surface area contributed by atoms with Gasteiger partial charge < -0.3 is 4.74 Å². The lowest BCUT2D eigenvalue weighted by Gasteiger charge is -2.18. The van der Waals surface area contributed by atoms with Gasteiger partial charge in [-0.25, -0.2) is 14.5 Å². The predicted molar refractivity (Wildman–Crippen MR) is 112 cm³/mol. The molecule has 0 aliphatic heterocycles. The molecule has 0 N–H and O–H groups in total. The molecule has 5 nitrogen and oxygen atoms in total. The molecule has 2 aromatic carbocycles. The fourth-order valence-corrected chi connectivity index (χ4v) is 3.48. The summed E-state index contributed by atoms with van der Waals surface area (Å²) in [5, 5.41) is 4.20. The van der Waals surface area contributed by atoms with Gasteiger partial charge in [-0.1, -0.05) is 41.4 Å². The van der Waals surface area contributed by atoms with Crippen molar-refractivity contribution < 1.29 is 22.7 Å². The first-order valence-corrected chi connectivity index (χ1v) is 9.81. The summed E-state index contributed by atoms with van der Waals surface area (Å²) in [4.78, 5) is 16.2. The molecule has 0 saturated heterocycles.